The van der Waals surface area contributed by atoms with Crippen molar-refractivity contribution in [3.63, 3.8) is 0 Å². The zero-order valence-electron chi connectivity index (χ0n) is 15.6. The molecule has 0 aliphatic carbocycles. The molecule has 28 heavy (non-hydrogen) atoms. The van der Waals surface area contributed by atoms with E-state index in [0.29, 0.717) is 22.7 Å². The van der Waals surface area contributed by atoms with Gasteiger partial charge in [0.2, 0.25) is 0 Å². The Kier molecular flexibility index (Phi) is 6.24. The summed E-state index contributed by atoms with van der Waals surface area (Å²) in [6, 6.07) is 17.4. The molecule has 0 spiro atoms. The lowest BCUT2D eigenvalue weighted by Crippen LogP contribution is -2.21. The predicted molar refractivity (Wildman–Crippen MR) is 108 cm³/mol. The van der Waals surface area contributed by atoms with E-state index in [-0.39, 0.29) is 21.0 Å². The molecule has 0 aromatic heterocycles. The fourth-order valence-electron chi connectivity index (χ4n) is 2.93. The van der Waals surface area contributed by atoms with E-state index in [9.17, 15) is 8.96 Å². The van der Waals surface area contributed by atoms with E-state index in [1.807, 2.05) is 25.1 Å². The van der Waals surface area contributed by atoms with Crippen molar-refractivity contribution < 1.29 is 18.4 Å². The van der Waals surface area contributed by atoms with Crippen molar-refractivity contribution in [1.82, 2.24) is 0 Å². The minimum Gasteiger partial charge on any atom is -0.496 e. The quantitative estimate of drug-likeness (QED) is 0.333. The Morgan fingerprint density at radius 3 is 2.39 bits per heavy atom. The van der Waals surface area contributed by atoms with Crippen LogP contribution in [-0.4, -0.2) is 7.11 Å². The second kappa shape index (κ2) is 8.83. The van der Waals surface area contributed by atoms with Gasteiger partial charge in [0.25, 0.3) is 8.61 Å². The van der Waals surface area contributed by atoms with Gasteiger partial charge in [0, 0.05) is 0 Å². The largest absolute Gasteiger partial charge is 0.496 e. The molecule has 0 aliphatic rings. The zero-order chi connectivity index (χ0) is 20.1. The Bertz CT molecular complexity index is 980. The predicted octanol–water partition coefficient (Wildman–Crippen LogP) is 5.28. The molecule has 0 heterocycles. The summed E-state index contributed by atoms with van der Waals surface area (Å²) in [6.07, 6.45) is 0. The van der Waals surface area contributed by atoms with Crippen LogP contribution in [0, 0.1) is 12.7 Å². The highest BCUT2D eigenvalue weighted by atomic mass is 31.1. The monoisotopic (exact) mass is 398 g/mol. The smallest absolute Gasteiger partial charge is 0.297 e. The van der Waals surface area contributed by atoms with Crippen LogP contribution in [0.25, 0.3) is 11.1 Å². The first-order chi connectivity index (χ1) is 13.5. The molecule has 0 unspecified atom stereocenters. The minimum absolute atomic E-state index is 0.194. The Morgan fingerprint density at radius 2 is 1.75 bits per heavy atom. The van der Waals surface area contributed by atoms with E-state index >= 15 is 0 Å². The van der Waals surface area contributed by atoms with E-state index in [1.165, 1.54) is 12.1 Å². The van der Waals surface area contributed by atoms with E-state index in [0.717, 1.165) is 21.5 Å². The summed E-state index contributed by atoms with van der Waals surface area (Å²) in [6.45, 7) is 2.14. The maximum atomic E-state index is 13.1. The van der Waals surface area contributed by atoms with Gasteiger partial charge in [-0.25, -0.2) is 19.6 Å². The van der Waals surface area contributed by atoms with E-state index in [2.05, 4.69) is 0 Å². The second-order valence-corrected chi connectivity index (χ2v) is 6.75. The number of hydrogen-bond acceptors (Lipinski definition) is 4. The van der Waals surface area contributed by atoms with E-state index in [4.69, 9.17) is 15.3 Å². The van der Waals surface area contributed by atoms with Crippen molar-refractivity contribution >= 4 is 14.3 Å². The standard InChI is InChI=1S/C21H20FN2O3P/c1-14-12-16(15-6-9-17(22)10-7-15)8-11-20(14)27-13-18-19(24(23)28-25)4-3-5-21(18)26-2/h3-12H,13,23H2,1-2H3. The molecule has 7 heteroatoms. The summed E-state index contributed by atoms with van der Waals surface area (Å²) in [5.41, 5.74) is 4.08. The fourth-order valence-corrected chi connectivity index (χ4v) is 3.21. The molecule has 3 aromatic rings. The lowest BCUT2D eigenvalue weighted by atomic mass is 10.0. The molecule has 0 saturated heterocycles. The van der Waals surface area contributed by atoms with Crippen LogP contribution in [0.4, 0.5) is 10.1 Å². The van der Waals surface area contributed by atoms with Gasteiger partial charge in [-0.3, -0.25) is 0 Å². The molecule has 0 radical (unpaired) electrons. The third kappa shape index (κ3) is 4.30. The first kappa shape index (κ1) is 19.8. The molecule has 5 nitrogen and oxygen atoms in total. The second-order valence-electron chi connectivity index (χ2n) is 6.16. The summed E-state index contributed by atoms with van der Waals surface area (Å²) in [5.74, 6) is 6.81. The minimum atomic E-state index is -0.332. The number of aryl methyl sites for hydroxylation is 1. The maximum Gasteiger partial charge on any atom is 0.297 e. The number of ether oxygens (including phenoxy) is 2. The van der Waals surface area contributed by atoms with Crippen LogP contribution in [0.3, 0.4) is 0 Å². The summed E-state index contributed by atoms with van der Waals surface area (Å²) < 4.78 is 36.8. The molecule has 144 valence electrons. The first-order valence-electron chi connectivity index (χ1n) is 8.57. The number of nitrogens with zero attached hydrogens (tertiary/aromatic N) is 1. The first-order valence-corrected chi connectivity index (χ1v) is 9.33. The molecule has 0 fully saturated rings. The number of rotatable bonds is 7. The van der Waals surface area contributed by atoms with Gasteiger partial charge in [-0.1, -0.05) is 24.3 Å². The van der Waals surface area contributed by atoms with E-state index < -0.39 is 0 Å². The summed E-state index contributed by atoms with van der Waals surface area (Å²) in [5, 5.41) is 0. The van der Waals surface area contributed by atoms with Gasteiger partial charge in [-0.05, 0) is 60.0 Å². The highest BCUT2D eigenvalue weighted by Crippen LogP contribution is 2.33. The molecule has 0 aliphatic heterocycles. The van der Waals surface area contributed by atoms with Gasteiger partial charge in [0.15, 0.2) is 0 Å². The third-order valence-electron chi connectivity index (χ3n) is 4.39. The number of methoxy groups -OCH3 is 1. The van der Waals surface area contributed by atoms with Crippen molar-refractivity contribution in [3.05, 3.63) is 77.6 Å². The van der Waals surface area contributed by atoms with Gasteiger partial charge < -0.3 is 9.47 Å². The molecule has 0 bridgehead atoms. The number of nitrogens with two attached hydrogens (primary N) is 1. The molecular weight excluding hydrogens is 378 g/mol. The average Bonchev–Trinajstić information content (AvgIpc) is 2.72. The molecule has 2 N–H and O–H groups in total. The van der Waals surface area contributed by atoms with Gasteiger partial charge in [-0.2, -0.15) is 0 Å². The van der Waals surface area contributed by atoms with Crippen molar-refractivity contribution in [2.45, 2.75) is 13.5 Å². The zero-order valence-corrected chi connectivity index (χ0v) is 16.4. The van der Waals surface area contributed by atoms with Gasteiger partial charge in [0.1, 0.15) is 23.9 Å². The van der Waals surface area contributed by atoms with Crippen LogP contribution in [0.5, 0.6) is 11.5 Å². The highest BCUT2D eigenvalue weighted by Gasteiger charge is 2.15. The Morgan fingerprint density at radius 1 is 1.04 bits per heavy atom. The molecular formula is C21H20FN2O3P. The number of hydrazine groups is 1. The molecule has 3 aromatic carbocycles. The molecule has 3 rings (SSSR count). The topological polar surface area (TPSA) is 64.8 Å². The number of hydrogen-bond donors (Lipinski definition) is 1. The fraction of sp³-hybridized carbons (Fsp3) is 0.143. The lowest BCUT2D eigenvalue weighted by molar-refractivity contribution is 0.295. The number of anilines is 1. The van der Waals surface area contributed by atoms with Crippen LogP contribution in [0.1, 0.15) is 11.1 Å². The van der Waals surface area contributed by atoms with Crippen molar-refractivity contribution in [3.8, 4) is 22.6 Å². The van der Waals surface area contributed by atoms with Crippen LogP contribution in [-0.2, 0) is 11.2 Å². The molecule has 0 atom stereocenters. The Balaban J connectivity index is 1.84. The Labute approximate surface area is 164 Å². The normalized spacial score (nSPS) is 10.7. The average molecular weight is 398 g/mol. The van der Waals surface area contributed by atoms with Gasteiger partial charge >= 0.3 is 0 Å². The summed E-state index contributed by atoms with van der Waals surface area (Å²) >= 11 is 0. The lowest BCUT2D eigenvalue weighted by Gasteiger charge is -2.18. The van der Waals surface area contributed by atoms with Crippen LogP contribution in [0.15, 0.2) is 60.7 Å². The number of halogens is 1. The summed E-state index contributed by atoms with van der Waals surface area (Å²) in [4.78, 5) is 0. The van der Waals surface area contributed by atoms with Crippen molar-refractivity contribution in [2.75, 3.05) is 11.9 Å². The van der Waals surface area contributed by atoms with Crippen LogP contribution < -0.4 is 20.1 Å². The summed E-state index contributed by atoms with van der Waals surface area (Å²) in [7, 11) is 1.22. The van der Waals surface area contributed by atoms with Gasteiger partial charge in [0.05, 0.1) is 18.4 Å². The highest BCUT2D eigenvalue weighted by molar-refractivity contribution is 7.25. The van der Waals surface area contributed by atoms with Crippen LogP contribution >= 0.6 is 8.61 Å². The third-order valence-corrected chi connectivity index (χ3v) is 4.78. The molecule has 0 saturated carbocycles. The van der Waals surface area contributed by atoms with E-state index in [1.54, 1.807) is 37.4 Å². The number of benzene rings is 3. The Hall–Kier alpha value is -2.95. The molecule has 0 amide bonds. The maximum absolute atomic E-state index is 13.1. The van der Waals surface area contributed by atoms with Crippen LogP contribution in [0.2, 0.25) is 0 Å². The van der Waals surface area contributed by atoms with Crippen molar-refractivity contribution in [1.29, 1.82) is 0 Å². The van der Waals surface area contributed by atoms with Gasteiger partial charge in [-0.15, -0.1) is 0 Å². The van der Waals surface area contributed by atoms with Crippen molar-refractivity contribution in [2.24, 2.45) is 5.84 Å². The SMILES string of the molecule is COc1cccc(N(N)P=O)c1COc1ccc(-c2ccc(F)cc2)cc1C.